The smallest absolute Gasteiger partial charge is 0.283 e. The molecule has 1 saturated heterocycles. The molecule has 5 rings (SSSR count). The van der Waals surface area contributed by atoms with Gasteiger partial charge in [-0.3, -0.25) is 9.59 Å². The van der Waals surface area contributed by atoms with Crippen molar-refractivity contribution in [2.45, 2.75) is 4.90 Å². The summed E-state index contributed by atoms with van der Waals surface area (Å²) in [5.41, 5.74) is 2.18. The Hall–Kier alpha value is -3.22. The van der Waals surface area contributed by atoms with Crippen LogP contribution in [0.2, 0.25) is 5.02 Å². The van der Waals surface area contributed by atoms with Gasteiger partial charge in [0.1, 0.15) is 10.6 Å². The molecule has 1 fully saturated rings. The fourth-order valence-corrected chi connectivity index (χ4v) is 5.27. The normalized spacial score (nSPS) is 16.7. The molecule has 0 bridgehead atoms. The van der Waals surface area contributed by atoms with Crippen LogP contribution in [-0.2, 0) is 9.59 Å². The predicted molar refractivity (Wildman–Crippen MR) is 133 cm³/mol. The monoisotopic (exact) mass is 475 g/mol. The lowest BCUT2D eigenvalue weighted by Gasteiger charge is -2.37. The molecule has 0 N–H and O–H groups in total. The van der Waals surface area contributed by atoms with Crippen LogP contribution >= 0.6 is 23.4 Å². The molecule has 0 spiro atoms. The number of imide groups is 1. The van der Waals surface area contributed by atoms with E-state index >= 15 is 0 Å². The first-order valence-corrected chi connectivity index (χ1v) is 12.0. The lowest BCUT2D eigenvalue weighted by atomic mass is 10.2. The lowest BCUT2D eigenvalue weighted by molar-refractivity contribution is -0.121. The van der Waals surface area contributed by atoms with Gasteiger partial charge in [-0.1, -0.05) is 59.8 Å². The van der Waals surface area contributed by atoms with E-state index in [1.165, 1.54) is 22.3 Å². The third-order valence-corrected chi connectivity index (χ3v) is 7.12. The molecule has 0 radical (unpaired) electrons. The maximum atomic E-state index is 13.6. The molecular weight excluding hydrogens is 454 g/mol. The molecule has 7 heteroatoms. The first-order valence-electron chi connectivity index (χ1n) is 10.8. The summed E-state index contributed by atoms with van der Waals surface area (Å²) in [6.45, 7) is 2.88. The van der Waals surface area contributed by atoms with Gasteiger partial charge in [0.05, 0.1) is 5.69 Å². The molecule has 5 nitrogen and oxygen atoms in total. The van der Waals surface area contributed by atoms with Gasteiger partial charge in [0.25, 0.3) is 11.8 Å². The number of amides is 2. The van der Waals surface area contributed by atoms with Crippen LogP contribution in [0.25, 0.3) is 0 Å². The van der Waals surface area contributed by atoms with Gasteiger partial charge < -0.3 is 9.80 Å². The summed E-state index contributed by atoms with van der Waals surface area (Å²) in [6, 6.07) is 26.7. The number of carbonyl (C=O) groups is 2. The second-order valence-electron chi connectivity index (χ2n) is 7.82. The van der Waals surface area contributed by atoms with Gasteiger partial charge in [-0.2, -0.15) is 0 Å². The van der Waals surface area contributed by atoms with E-state index in [0.717, 1.165) is 18.0 Å². The summed E-state index contributed by atoms with van der Waals surface area (Å²) in [4.78, 5) is 34.1. The van der Waals surface area contributed by atoms with E-state index in [0.29, 0.717) is 34.4 Å². The number of hydrogen-bond acceptors (Lipinski definition) is 5. The van der Waals surface area contributed by atoms with Gasteiger partial charge in [0.15, 0.2) is 0 Å². The van der Waals surface area contributed by atoms with Gasteiger partial charge in [0.2, 0.25) is 0 Å². The summed E-state index contributed by atoms with van der Waals surface area (Å²) >= 11 is 7.38. The highest BCUT2D eigenvalue weighted by Gasteiger charge is 2.43. The maximum Gasteiger partial charge on any atom is 0.283 e. The summed E-state index contributed by atoms with van der Waals surface area (Å²) in [6.07, 6.45) is 0. The van der Waals surface area contributed by atoms with Crippen LogP contribution in [0, 0.1) is 0 Å². The molecule has 3 aromatic carbocycles. The molecule has 2 amide bonds. The molecule has 2 aliphatic rings. The highest BCUT2D eigenvalue weighted by molar-refractivity contribution is 8.04. The minimum absolute atomic E-state index is 0.283. The highest BCUT2D eigenvalue weighted by Crippen LogP contribution is 2.39. The van der Waals surface area contributed by atoms with Crippen LogP contribution in [0.3, 0.4) is 0 Å². The molecule has 0 atom stereocenters. The molecule has 2 heterocycles. The van der Waals surface area contributed by atoms with E-state index in [4.69, 9.17) is 11.6 Å². The van der Waals surface area contributed by atoms with Crippen molar-refractivity contribution >= 4 is 46.6 Å². The van der Waals surface area contributed by atoms with Gasteiger partial charge in [0, 0.05) is 41.8 Å². The number of carbonyl (C=O) groups excluding carboxylic acids is 2. The molecule has 0 saturated carbocycles. The number of hydrogen-bond donors (Lipinski definition) is 0. The Labute approximate surface area is 202 Å². The zero-order valence-corrected chi connectivity index (χ0v) is 19.4. The van der Waals surface area contributed by atoms with E-state index in [9.17, 15) is 9.59 Å². The van der Waals surface area contributed by atoms with Crippen LogP contribution in [0.5, 0.6) is 0 Å². The van der Waals surface area contributed by atoms with Crippen molar-refractivity contribution in [3.05, 3.63) is 101 Å². The molecule has 3 aromatic rings. The van der Waals surface area contributed by atoms with E-state index < -0.39 is 0 Å². The van der Waals surface area contributed by atoms with E-state index in [1.807, 2.05) is 48.5 Å². The standard InChI is InChI=1S/C26H22ClN3O2S/c27-19-11-13-21(14-12-19)30-25(31)23(24(26(30)32)33-22-9-5-2-6-10-22)29-17-15-28(16-18-29)20-7-3-1-4-8-20/h1-14H,15-18H2. The Kier molecular flexibility index (Phi) is 6.11. The van der Waals surface area contributed by atoms with Gasteiger partial charge in [-0.25, -0.2) is 4.90 Å². The van der Waals surface area contributed by atoms with Crippen molar-refractivity contribution in [1.29, 1.82) is 0 Å². The number of benzene rings is 3. The first-order chi connectivity index (χ1) is 16.1. The van der Waals surface area contributed by atoms with Crippen molar-refractivity contribution in [3.63, 3.8) is 0 Å². The number of rotatable bonds is 5. The minimum atomic E-state index is -0.295. The molecule has 33 heavy (non-hydrogen) atoms. The molecule has 166 valence electrons. The zero-order chi connectivity index (χ0) is 22.8. The summed E-state index contributed by atoms with van der Waals surface area (Å²) in [7, 11) is 0. The summed E-state index contributed by atoms with van der Waals surface area (Å²) < 4.78 is 0. The average Bonchev–Trinajstić information content (AvgIpc) is 3.10. The molecule has 0 unspecified atom stereocenters. The Morgan fingerprint density at radius 2 is 1.21 bits per heavy atom. The number of para-hydroxylation sites is 1. The van der Waals surface area contributed by atoms with Crippen molar-refractivity contribution in [2.24, 2.45) is 0 Å². The maximum absolute atomic E-state index is 13.6. The van der Waals surface area contributed by atoms with E-state index in [1.54, 1.807) is 24.3 Å². The van der Waals surface area contributed by atoms with Crippen LogP contribution in [0.15, 0.2) is 100 Å². The lowest BCUT2D eigenvalue weighted by Crippen LogP contribution is -2.47. The number of nitrogens with zero attached hydrogens (tertiary/aromatic N) is 3. The SMILES string of the molecule is O=C1C(Sc2ccccc2)=C(N2CCN(c3ccccc3)CC2)C(=O)N1c1ccc(Cl)cc1. The predicted octanol–water partition coefficient (Wildman–Crippen LogP) is 5.04. The minimum Gasteiger partial charge on any atom is -0.368 e. The molecule has 0 aliphatic carbocycles. The van der Waals surface area contributed by atoms with Crippen molar-refractivity contribution in [3.8, 4) is 0 Å². The summed E-state index contributed by atoms with van der Waals surface area (Å²) in [5.74, 6) is -0.578. The fraction of sp³-hybridized carbons (Fsp3) is 0.154. The average molecular weight is 476 g/mol. The molecule has 2 aliphatic heterocycles. The highest BCUT2D eigenvalue weighted by atomic mass is 35.5. The summed E-state index contributed by atoms with van der Waals surface area (Å²) in [5, 5.41) is 0.557. The second-order valence-corrected chi connectivity index (χ2v) is 9.34. The Balaban J connectivity index is 1.45. The van der Waals surface area contributed by atoms with Gasteiger partial charge in [-0.05, 0) is 48.5 Å². The second kappa shape index (κ2) is 9.33. The first kappa shape index (κ1) is 21.6. The third-order valence-electron chi connectivity index (χ3n) is 5.78. The molecular formula is C26H22ClN3O2S. The van der Waals surface area contributed by atoms with Crippen LogP contribution in [0.1, 0.15) is 0 Å². The third kappa shape index (κ3) is 4.36. The van der Waals surface area contributed by atoms with Crippen LogP contribution < -0.4 is 9.80 Å². The quantitative estimate of drug-likeness (QED) is 0.484. The van der Waals surface area contributed by atoms with Crippen molar-refractivity contribution in [2.75, 3.05) is 36.0 Å². The van der Waals surface area contributed by atoms with Gasteiger partial charge in [-0.15, -0.1) is 0 Å². The van der Waals surface area contributed by atoms with E-state index in [-0.39, 0.29) is 11.8 Å². The Bertz CT molecular complexity index is 1190. The van der Waals surface area contributed by atoms with Gasteiger partial charge >= 0.3 is 0 Å². The Morgan fingerprint density at radius 3 is 1.85 bits per heavy atom. The number of anilines is 2. The fourth-order valence-electron chi connectivity index (χ4n) is 4.13. The number of thioether (sulfide) groups is 1. The van der Waals surface area contributed by atoms with Crippen molar-refractivity contribution < 1.29 is 9.59 Å². The number of halogens is 1. The largest absolute Gasteiger partial charge is 0.368 e. The molecule has 0 aromatic heterocycles. The van der Waals surface area contributed by atoms with E-state index in [2.05, 4.69) is 21.9 Å². The van der Waals surface area contributed by atoms with Crippen LogP contribution in [0.4, 0.5) is 11.4 Å². The topological polar surface area (TPSA) is 43.9 Å². The van der Waals surface area contributed by atoms with Crippen molar-refractivity contribution in [1.82, 2.24) is 4.90 Å². The van der Waals surface area contributed by atoms with Crippen LogP contribution in [-0.4, -0.2) is 42.9 Å². The zero-order valence-electron chi connectivity index (χ0n) is 17.9. The number of piperazine rings is 1. The Morgan fingerprint density at radius 1 is 0.636 bits per heavy atom.